The van der Waals surface area contributed by atoms with Crippen molar-refractivity contribution < 1.29 is 29.0 Å². The Labute approximate surface area is 129 Å². The first kappa shape index (κ1) is 18.2. The summed E-state index contributed by atoms with van der Waals surface area (Å²) in [5, 5.41) is 11.9. The second kappa shape index (κ2) is 6.95. The van der Waals surface area contributed by atoms with Gasteiger partial charge in [-0.15, -0.1) is 0 Å². The standard InChI is InChI=1S/C14H24N2O6/c1-13(2,3)22-12(20)15-14(11(18)19)6-7-16(9-14)10(17)5-8-21-4/h5-9H2,1-4H3,(H,15,20)(H,18,19). The maximum Gasteiger partial charge on any atom is 0.408 e. The molecule has 1 aliphatic rings. The molecule has 1 saturated heterocycles. The number of hydrogen-bond acceptors (Lipinski definition) is 5. The molecule has 2 amide bonds. The largest absolute Gasteiger partial charge is 0.479 e. The molecule has 0 radical (unpaired) electrons. The number of ether oxygens (including phenoxy) is 2. The van der Waals surface area contributed by atoms with Crippen molar-refractivity contribution >= 4 is 18.0 Å². The first-order valence-corrected chi connectivity index (χ1v) is 7.11. The molecule has 0 aromatic rings. The predicted molar refractivity (Wildman–Crippen MR) is 77.4 cm³/mol. The third-order valence-electron chi connectivity index (χ3n) is 3.29. The van der Waals surface area contributed by atoms with E-state index in [0.29, 0.717) is 0 Å². The van der Waals surface area contributed by atoms with Crippen LogP contribution in [0.3, 0.4) is 0 Å². The zero-order valence-electron chi connectivity index (χ0n) is 13.5. The van der Waals surface area contributed by atoms with Gasteiger partial charge in [0.05, 0.1) is 19.6 Å². The van der Waals surface area contributed by atoms with Crippen molar-refractivity contribution in [2.24, 2.45) is 0 Å². The molecular weight excluding hydrogens is 292 g/mol. The Balaban J connectivity index is 2.72. The second-order valence-electron chi connectivity index (χ2n) is 6.32. The molecule has 0 aromatic carbocycles. The van der Waals surface area contributed by atoms with Gasteiger partial charge >= 0.3 is 12.1 Å². The Kier molecular flexibility index (Phi) is 5.76. The van der Waals surface area contributed by atoms with Crippen LogP contribution in [0.25, 0.3) is 0 Å². The third-order valence-corrected chi connectivity index (χ3v) is 3.29. The minimum atomic E-state index is -1.51. The van der Waals surface area contributed by atoms with Crippen molar-refractivity contribution in [1.82, 2.24) is 10.2 Å². The molecule has 1 heterocycles. The number of nitrogens with zero attached hydrogens (tertiary/aromatic N) is 1. The fourth-order valence-corrected chi connectivity index (χ4v) is 2.20. The van der Waals surface area contributed by atoms with E-state index in [9.17, 15) is 19.5 Å². The number of carbonyl (C=O) groups excluding carboxylic acids is 2. The van der Waals surface area contributed by atoms with E-state index in [1.54, 1.807) is 20.8 Å². The highest BCUT2D eigenvalue weighted by Crippen LogP contribution is 2.23. The summed E-state index contributed by atoms with van der Waals surface area (Å²) in [5.41, 5.74) is -2.23. The summed E-state index contributed by atoms with van der Waals surface area (Å²) in [7, 11) is 1.49. The molecule has 2 N–H and O–H groups in total. The highest BCUT2D eigenvalue weighted by atomic mass is 16.6. The second-order valence-corrected chi connectivity index (χ2v) is 6.32. The van der Waals surface area contributed by atoms with Crippen molar-refractivity contribution in [3.8, 4) is 0 Å². The van der Waals surface area contributed by atoms with E-state index in [1.165, 1.54) is 12.0 Å². The quantitative estimate of drug-likeness (QED) is 0.769. The summed E-state index contributed by atoms with van der Waals surface area (Å²) in [4.78, 5) is 36.8. The topological polar surface area (TPSA) is 105 Å². The van der Waals surface area contributed by atoms with Gasteiger partial charge in [0.1, 0.15) is 5.60 Å². The molecule has 0 aromatic heterocycles. The Morgan fingerprint density at radius 1 is 1.32 bits per heavy atom. The first-order valence-electron chi connectivity index (χ1n) is 7.11. The number of rotatable bonds is 5. The van der Waals surface area contributed by atoms with Crippen LogP contribution in [0, 0.1) is 0 Å². The average Bonchev–Trinajstić information content (AvgIpc) is 2.79. The van der Waals surface area contributed by atoms with E-state index in [0.717, 1.165) is 0 Å². The molecule has 1 rings (SSSR count). The first-order chi connectivity index (χ1) is 10.1. The van der Waals surface area contributed by atoms with Crippen molar-refractivity contribution in [3.05, 3.63) is 0 Å². The van der Waals surface area contributed by atoms with E-state index < -0.39 is 23.2 Å². The number of amides is 2. The lowest BCUT2D eigenvalue weighted by atomic mass is 9.99. The van der Waals surface area contributed by atoms with E-state index in [2.05, 4.69) is 5.32 Å². The van der Waals surface area contributed by atoms with Gasteiger partial charge in [-0.05, 0) is 20.8 Å². The summed E-state index contributed by atoms with van der Waals surface area (Å²) in [5.74, 6) is -1.38. The number of alkyl carbamates (subject to hydrolysis) is 1. The lowest BCUT2D eigenvalue weighted by Crippen LogP contribution is -2.57. The molecule has 22 heavy (non-hydrogen) atoms. The SMILES string of the molecule is COCCC(=O)N1CCC(NC(=O)OC(C)(C)C)(C(=O)O)C1. The maximum absolute atomic E-state index is 11.9. The van der Waals surface area contributed by atoms with Crippen molar-refractivity contribution in [2.75, 3.05) is 26.8 Å². The van der Waals surface area contributed by atoms with Crippen LogP contribution < -0.4 is 5.32 Å². The number of aliphatic carboxylic acids is 1. The van der Waals surface area contributed by atoms with Crippen LogP contribution in [0.4, 0.5) is 4.79 Å². The van der Waals surface area contributed by atoms with Crippen LogP contribution in [0.2, 0.25) is 0 Å². The van der Waals surface area contributed by atoms with E-state index in [4.69, 9.17) is 9.47 Å². The fraction of sp³-hybridized carbons (Fsp3) is 0.786. The normalized spacial score (nSPS) is 21.5. The van der Waals surface area contributed by atoms with E-state index in [-0.39, 0.29) is 38.4 Å². The molecule has 0 aliphatic carbocycles. The summed E-state index contributed by atoms with van der Waals surface area (Å²) < 4.78 is 9.94. The highest BCUT2D eigenvalue weighted by Gasteiger charge is 2.48. The van der Waals surface area contributed by atoms with Gasteiger partial charge < -0.3 is 24.8 Å². The molecule has 1 aliphatic heterocycles. The molecule has 126 valence electrons. The van der Waals surface area contributed by atoms with Gasteiger partial charge in [0, 0.05) is 20.1 Å². The van der Waals surface area contributed by atoms with Gasteiger partial charge in [0.2, 0.25) is 5.91 Å². The number of carbonyl (C=O) groups is 3. The molecule has 1 fully saturated rings. The molecule has 1 atom stereocenters. The lowest BCUT2D eigenvalue weighted by molar-refractivity contribution is -0.144. The highest BCUT2D eigenvalue weighted by molar-refractivity contribution is 5.87. The van der Waals surface area contributed by atoms with Gasteiger partial charge in [0.15, 0.2) is 5.54 Å². The molecule has 0 bridgehead atoms. The Hall–Kier alpha value is -1.83. The Bertz CT molecular complexity index is 445. The lowest BCUT2D eigenvalue weighted by Gasteiger charge is -2.28. The molecule has 0 saturated carbocycles. The zero-order valence-corrected chi connectivity index (χ0v) is 13.5. The number of likely N-dealkylation sites (tertiary alicyclic amines) is 1. The molecule has 8 nitrogen and oxygen atoms in total. The van der Waals surface area contributed by atoms with E-state index >= 15 is 0 Å². The van der Waals surface area contributed by atoms with Gasteiger partial charge in [0.25, 0.3) is 0 Å². The Morgan fingerprint density at radius 3 is 2.45 bits per heavy atom. The summed E-state index contributed by atoms with van der Waals surface area (Å²) in [6, 6.07) is 0. The number of methoxy groups -OCH3 is 1. The van der Waals surface area contributed by atoms with Gasteiger partial charge in [-0.25, -0.2) is 9.59 Å². The van der Waals surface area contributed by atoms with Gasteiger partial charge in [-0.3, -0.25) is 4.79 Å². The molecule has 8 heteroatoms. The van der Waals surface area contributed by atoms with Gasteiger partial charge in [-0.1, -0.05) is 0 Å². The van der Waals surface area contributed by atoms with Crippen LogP contribution in [0.5, 0.6) is 0 Å². The van der Waals surface area contributed by atoms with Crippen LogP contribution in [0.15, 0.2) is 0 Å². The minimum absolute atomic E-state index is 0.0792. The molecule has 0 spiro atoms. The molecule has 1 unspecified atom stereocenters. The van der Waals surface area contributed by atoms with Crippen LogP contribution >= 0.6 is 0 Å². The maximum atomic E-state index is 11.9. The monoisotopic (exact) mass is 316 g/mol. The van der Waals surface area contributed by atoms with Crippen molar-refractivity contribution in [1.29, 1.82) is 0 Å². The summed E-state index contributed by atoms with van der Waals surface area (Å²) in [6.07, 6.45) is -0.486. The number of carboxylic acids is 1. The third kappa shape index (κ3) is 4.87. The average molecular weight is 316 g/mol. The molecular formula is C14H24N2O6. The van der Waals surface area contributed by atoms with Crippen LogP contribution in [-0.2, 0) is 19.1 Å². The smallest absolute Gasteiger partial charge is 0.408 e. The number of carboxylic acid groups (broad SMARTS) is 1. The van der Waals surface area contributed by atoms with E-state index in [1.807, 2.05) is 0 Å². The van der Waals surface area contributed by atoms with Gasteiger partial charge in [-0.2, -0.15) is 0 Å². The van der Waals surface area contributed by atoms with Crippen molar-refractivity contribution in [3.63, 3.8) is 0 Å². The predicted octanol–water partition coefficient (Wildman–Crippen LogP) is 0.603. The zero-order chi connectivity index (χ0) is 17.0. The van der Waals surface area contributed by atoms with Crippen molar-refractivity contribution in [2.45, 2.75) is 44.8 Å². The minimum Gasteiger partial charge on any atom is -0.479 e. The number of nitrogens with one attached hydrogen (secondary N) is 1. The fourth-order valence-electron chi connectivity index (χ4n) is 2.20. The number of hydrogen-bond donors (Lipinski definition) is 2. The summed E-state index contributed by atoms with van der Waals surface area (Å²) in [6.45, 7) is 5.53. The van der Waals surface area contributed by atoms with Crippen LogP contribution in [0.1, 0.15) is 33.6 Å². The Morgan fingerprint density at radius 2 is 1.95 bits per heavy atom. The van der Waals surface area contributed by atoms with Crippen LogP contribution in [-0.4, -0.2) is 65.9 Å². The summed E-state index contributed by atoms with van der Waals surface area (Å²) >= 11 is 0.